The summed E-state index contributed by atoms with van der Waals surface area (Å²) in [5, 5.41) is 9.28. The molecule has 4 heteroatoms. The zero-order chi connectivity index (χ0) is 13.8. The van der Waals surface area contributed by atoms with E-state index in [4.69, 9.17) is 9.47 Å². The topological polar surface area (TPSA) is 38.7 Å². The summed E-state index contributed by atoms with van der Waals surface area (Å²) in [4.78, 5) is 1.26. The average Bonchev–Trinajstić information content (AvgIpc) is 2.69. The number of hydrogen-bond donors (Lipinski definition) is 1. The molecule has 0 saturated carbocycles. The molecule has 1 aromatic rings. The lowest BCUT2D eigenvalue weighted by Crippen LogP contribution is -2.40. The average molecular weight is 294 g/mol. The molecule has 0 bridgehead atoms. The van der Waals surface area contributed by atoms with Crippen molar-refractivity contribution in [1.29, 1.82) is 0 Å². The van der Waals surface area contributed by atoms with Crippen molar-refractivity contribution in [2.45, 2.75) is 60.7 Å². The van der Waals surface area contributed by atoms with E-state index in [0.29, 0.717) is 0 Å². The van der Waals surface area contributed by atoms with Gasteiger partial charge in [-0.2, -0.15) is 0 Å². The van der Waals surface area contributed by atoms with Crippen LogP contribution in [-0.4, -0.2) is 35.5 Å². The van der Waals surface area contributed by atoms with Gasteiger partial charge in [0, 0.05) is 4.90 Å². The molecule has 0 amide bonds. The Labute approximate surface area is 124 Å². The molecule has 3 rings (SSSR count). The number of benzene rings is 1. The number of aliphatic hydroxyl groups excluding tert-OH is 1. The van der Waals surface area contributed by atoms with Gasteiger partial charge in [-0.25, -0.2) is 0 Å². The van der Waals surface area contributed by atoms with Gasteiger partial charge in [-0.3, -0.25) is 0 Å². The van der Waals surface area contributed by atoms with Gasteiger partial charge in [0.2, 0.25) is 0 Å². The molecule has 2 fully saturated rings. The van der Waals surface area contributed by atoms with Gasteiger partial charge < -0.3 is 14.6 Å². The van der Waals surface area contributed by atoms with Gasteiger partial charge in [-0.15, -0.1) is 0 Å². The summed E-state index contributed by atoms with van der Waals surface area (Å²) in [5.74, 6) is 0. The predicted molar refractivity (Wildman–Crippen MR) is 79.8 cm³/mol. The van der Waals surface area contributed by atoms with Crippen LogP contribution < -0.4 is 0 Å². The number of thioether (sulfide) groups is 1. The third kappa shape index (κ3) is 3.55. The van der Waals surface area contributed by atoms with Crippen LogP contribution in [0.3, 0.4) is 0 Å². The van der Waals surface area contributed by atoms with Crippen molar-refractivity contribution in [2.75, 3.05) is 6.61 Å². The molecule has 2 aliphatic rings. The van der Waals surface area contributed by atoms with Crippen molar-refractivity contribution in [3.05, 3.63) is 30.3 Å². The molecule has 2 heterocycles. The van der Waals surface area contributed by atoms with E-state index in [2.05, 4.69) is 24.3 Å². The van der Waals surface area contributed by atoms with Crippen molar-refractivity contribution >= 4 is 11.8 Å². The third-order valence-corrected chi connectivity index (χ3v) is 5.18. The first-order valence-corrected chi connectivity index (χ1v) is 8.36. The Bertz CT molecular complexity index is 411. The highest BCUT2D eigenvalue weighted by atomic mass is 32.2. The van der Waals surface area contributed by atoms with E-state index in [1.165, 1.54) is 4.90 Å². The fraction of sp³-hybridized carbons (Fsp3) is 0.625. The standard InChI is InChI=1S/C16H22O3S/c17-11-12-5-4-8-14-15(18-12)9-10-16(19-14)20-13-6-2-1-3-7-13/h1-3,6-7,12,14-17H,4-5,8-11H2/t12-,14+,15-,16-/m1/s1. The van der Waals surface area contributed by atoms with Crippen LogP contribution in [0, 0.1) is 0 Å². The first kappa shape index (κ1) is 14.4. The fourth-order valence-corrected chi connectivity index (χ4v) is 4.05. The minimum absolute atomic E-state index is 0.00641. The number of fused-ring (bicyclic) bond motifs is 1. The zero-order valence-electron chi connectivity index (χ0n) is 11.6. The van der Waals surface area contributed by atoms with Crippen LogP contribution in [0.2, 0.25) is 0 Å². The van der Waals surface area contributed by atoms with E-state index in [1.807, 2.05) is 6.07 Å². The number of rotatable bonds is 3. The van der Waals surface area contributed by atoms with E-state index in [-0.39, 0.29) is 30.4 Å². The highest BCUT2D eigenvalue weighted by Crippen LogP contribution is 2.36. The molecular weight excluding hydrogens is 272 g/mol. The van der Waals surface area contributed by atoms with Gasteiger partial charge in [0.05, 0.1) is 24.9 Å². The molecule has 0 aliphatic carbocycles. The Morgan fingerprint density at radius 3 is 2.60 bits per heavy atom. The summed E-state index contributed by atoms with van der Waals surface area (Å²) >= 11 is 1.81. The number of aliphatic hydroxyl groups is 1. The molecule has 2 saturated heterocycles. The number of ether oxygens (including phenoxy) is 2. The number of hydrogen-bond acceptors (Lipinski definition) is 4. The highest BCUT2D eigenvalue weighted by Gasteiger charge is 2.35. The van der Waals surface area contributed by atoms with Crippen molar-refractivity contribution in [1.82, 2.24) is 0 Å². The summed E-state index contributed by atoms with van der Waals surface area (Å²) in [6, 6.07) is 10.4. The summed E-state index contributed by atoms with van der Waals surface area (Å²) in [6.07, 6.45) is 5.49. The third-order valence-electron chi connectivity index (χ3n) is 4.02. The Hall–Kier alpha value is -0.550. The largest absolute Gasteiger partial charge is 0.394 e. The van der Waals surface area contributed by atoms with Gasteiger partial charge >= 0.3 is 0 Å². The molecule has 1 aromatic carbocycles. The molecule has 2 aliphatic heterocycles. The molecule has 110 valence electrons. The monoisotopic (exact) mass is 294 g/mol. The van der Waals surface area contributed by atoms with E-state index >= 15 is 0 Å². The Balaban J connectivity index is 1.58. The predicted octanol–water partition coefficient (Wildman–Crippen LogP) is 3.21. The van der Waals surface area contributed by atoms with Gasteiger partial charge in [0.15, 0.2) is 0 Å². The second kappa shape index (κ2) is 6.94. The summed E-state index contributed by atoms with van der Waals surface area (Å²) in [6.45, 7) is 0.130. The van der Waals surface area contributed by atoms with Crippen LogP contribution in [-0.2, 0) is 9.47 Å². The van der Waals surface area contributed by atoms with Crippen LogP contribution in [0.5, 0.6) is 0 Å². The normalized spacial score (nSPS) is 34.2. The van der Waals surface area contributed by atoms with Crippen molar-refractivity contribution in [3.8, 4) is 0 Å². The summed E-state index contributed by atoms with van der Waals surface area (Å²) in [7, 11) is 0. The first-order chi connectivity index (χ1) is 9.85. The first-order valence-electron chi connectivity index (χ1n) is 7.48. The molecule has 4 atom stereocenters. The van der Waals surface area contributed by atoms with E-state index in [1.54, 1.807) is 11.8 Å². The van der Waals surface area contributed by atoms with Crippen LogP contribution in [0.1, 0.15) is 32.1 Å². The lowest BCUT2D eigenvalue weighted by Gasteiger charge is -2.35. The fourth-order valence-electron chi connectivity index (χ4n) is 2.98. The Morgan fingerprint density at radius 1 is 1.00 bits per heavy atom. The Kier molecular flexibility index (Phi) is 4.99. The maximum atomic E-state index is 9.28. The van der Waals surface area contributed by atoms with Crippen LogP contribution in [0.4, 0.5) is 0 Å². The van der Waals surface area contributed by atoms with Gasteiger partial charge in [-0.1, -0.05) is 30.0 Å². The minimum Gasteiger partial charge on any atom is -0.394 e. The second-order valence-electron chi connectivity index (χ2n) is 5.52. The smallest absolute Gasteiger partial charge is 0.108 e. The van der Waals surface area contributed by atoms with Gasteiger partial charge in [0.25, 0.3) is 0 Å². The molecule has 3 nitrogen and oxygen atoms in total. The van der Waals surface area contributed by atoms with E-state index in [0.717, 1.165) is 32.1 Å². The minimum atomic E-state index is 0.00641. The Morgan fingerprint density at radius 2 is 1.80 bits per heavy atom. The molecule has 0 spiro atoms. The lowest BCUT2D eigenvalue weighted by molar-refractivity contribution is -0.135. The highest BCUT2D eigenvalue weighted by molar-refractivity contribution is 7.99. The maximum Gasteiger partial charge on any atom is 0.108 e. The van der Waals surface area contributed by atoms with Crippen molar-refractivity contribution < 1.29 is 14.6 Å². The summed E-state index contributed by atoms with van der Waals surface area (Å²) in [5.41, 5.74) is 0.230. The summed E-state index contributed by atoms with van der Waals surface area (Å²) < 4.78 is 12.2. The van der Waals surface area contributed by atoms with Crippen molar-refractivity contribution in [2.24, 2.45) is 0 Å². The van der Waals surface area contributed by atoms with Crippen LogP contribution in [0.25, 0.3) is 0 Å². The lowest BCUT2D eigenvalue weighted by atomic mass is 10.0. The molecule has 0 aromatic heterocycles. The molecule has 0 unspecified atom stereocenters. The SMILES string of the molecule is OC[C@H]1CCC[C@@H]2O[C@H](Sc3ccccc3)CC[C@H]2O1. The van der Waals surface area contributed by atoms with Crippen LogP contribution >= 0.6 is 11.8 Å². The molecule has 20 heavy (non-hydrogen) atoms. The van der Waals surface area contributed by atoms with Gasteiger partial charge in [-0.05, 0) is 44.2 Å². The zero-order valence-corrected chi connectivity index (χ0v) is 12.4. The van der Waals surface area contributed by atoms with Crippen LogP contribution in [0.15, 0.2) is 35.2 Å². The van der Waals surface area contributed by atoms with Crippen molar-refractivity contribution in [3.63, 3.8) is 0 Å². The maximum absolute atomic E-state index is 9.28. The van der Waals surface area contributed by atoms with E-state index < -0.39 is 0 Å². The second-order valence-corrected chi connectivity index (χ2v) is 6.76. The van der Waals surface area contributed by atoms with E-state index in [9.17, 15) is 5.11 Å². The van der Waals surface area contributed by atoms with Gasteiger partial charge in [0.1, 0.15) is 5.44 Å². The molecular formula is C16H22O3S. The molecule has 0 radical (unpaired) electrons. The molecule has 1 N–H and O–H groups in total. The quantitative estimate of drug-likeness (QED) is 0.929.